The number of rotatable bonds is 2. The van der Waals surface area contributed by atoms with E-state index in [2.05, 4.69) is 0 Å². The molecule has 0 aliphatic carbocycles. The molecule has 14 heavy (non-hydrogen) atoms. The molecule has 0 aliphatic rings. The molecular weight excluding hydrogens is 247 g/mol. The molecule has 0 atom stereocenters. The lowest BCUT2D eigenvalue weighted by Crippen LogP contribution is -2.10. The van der Waals surface area contributed by atoms with E-state index in [4.69, 9.17) is 34.7 Å². The molecule has 4 nitrogen and oxygen atoms in total. The van der Waals surface area contributed by atoms with E-state index >= 15 is 0 Å². The molecule has 0 aromatic heterocycles. The first-order valence-corrected chi connectivity index (χ1v) is 5.94. The molecular formula is C7H8Cl2N2O2S. The maximum atomic E-state index is 11.4. The predicted molar refractivity (Wildman–Crippen MR) is 57.9 cm³/mol. The smallest absolute Gasteiger partial charge is 0.212 e. The zero-order valence-corrected chi connectivity index (χ0v) is 9.27. The quantitative estimate of drug-likeness (QED) is 0.617. The molecule has 0 fully saturated rings. The van der Waals surface area contributed by atoms with Crippen molar-refractivity contribution in [2.75, 3.05) is 11.5 Å². The normalized spacial score (nSPS) is 11.9. The molecule has 7 heteroatoms. The van der Waals surface area contributed by atoms with E-state index in [1.165, 1.54) is 18.2 Å². The van der Waals surface area contributed by atoms with Crippen molar-refractivity contribution >= 4 is 44.4 Å². The molecule has 0 spiro atoms. The summed E-state index contributed by atoms with van der Waals surface area (Å²) in [5.41, 5.74) is 11.4. The number of nitrogens with two attached hydrogens (primary N) is 2. The molecule has 0 saturated carbocycles. The van der Waals surface area contributed by atoms with Crippen LogP contribution >= 0.6 is 23.2 Å². The Kier molecular flexibility index (Phi) is 3.14. The Morgan fingerprint density at radius 1 is 1.14 bits per heavy atom. The molecule has 78 valence electrons. The number of sulfone groups is 1. The largest absolute Gasteiger partial charge is 0.397 e. The Morgan fingerprint density at radius 2 is 1.71 bits per heavy atom. The molecule has 4 N–H and O–H groups in total. The summed E-state index contributed by atoms with van der Waals surface area (Å²) in [5.74, 6) is 0. The van der Waals surface area contributed by atoms with Crippen LogP contribution in [0.3, 0.4) is 0 Å². The van der Waals surface area contributed by atoms with Crippen LogP contribution in [-0.4, -0.2) is 12.6 Å². The van der Waals surface area contributed by atoms with E-state index in [-0.39, 0.29) is 10.6 Å². The van der Waals surface area contributed by atoms with Crippen LogP contribution < -0.4 is 11.5 Å². The highest BCUT2D eigenvalue weighted by Crippen LogP contribution is 2.25. The van der Waals surface area contributed by atoms with Crippen LogP contribution in [0, 0.1) is 0 Å². The van der Waals surface area contributed by atoms with Gasteiger partial charge in [0.1, 0.15) is 0 Å². The number of hydrogen-bond acceptors (Lipinski definition) is 4. The van der Waals surface area contributed by atoms with E-state index in [1.807, 2.05) is 0 Å². The molecule has 1 aromatic rings. The molecule has 0 bridgehead atoms. The summed E-state index contributed by atoms with van der Waals surface area (Å²) in [5, 5.41) is 0. The van der Waals surface area contributed by atoms with Gasteiger partial charge in [0.05, 0.1) is 16.3 Å². The Balaban J connectivity index is 3.29. The Hall–Kier alpha value is -0.650. The summed E-state index contributed by atoms with van der Waals surface area (Å²) in [6.45, 7) is 0. The lowest BCUT2D eigenvalue weighted by molar-refractivity contribution is 0.598. The van der Waals surface area contributed by atoms with Crippen molar-refractivity contribution < 1.29 is 8.42 Å². The fourth-order valence-electron chi connectivity index (χ4n) is 0.833. The maximum Gasteiger partial charge on any atom is 0.212 e. The fraction of sp³-hybridized carbons (Fsp3) is 0.143. The van der Waals surface area contributed by atoms with Gasteiger partial charge >= 0.3 is 0 Å². The van der Waals surface area contributed by atoms with Gasteiger partial charge in [-0.3, -0.25) is 0 Å². The van der Waals surface area contributed by atoms with E-state index in [0.29, 0.717) is 5.69 Å². The Labute approximate surface area is 91.7 Å². The Morgan fingerprint density at radius 3 is 2.14 bits per heavy atom. The van der Waals surface area contributed by atoms with E-state index in [0.717, 1.165) is 0 Å². The van der Waals surface area contributed by atoms with Crippen LogP contribution in [0.25, 0.3) is 0 Å². The van der Waals surface area contributed by atoms with Gasteiger partial charge in [0.25, 0.3) is 0 Å². The topological polar surface area (TPSA) is 86.2 Å². The Bertz CT molecular complexity index is 445. The number of benzene rings is 1. The monoisotopic (exact) mass is 254 g/mol. The molecule has 0 saturated heterocycles. The van der Waals surface area contributed by atoms with Gasteiger partial charge in [-0.25, -0.2) is 8.42 Å². The average Bonchev–Trinajstić information content (AvgIpc) is 2.09. The molecule has 0 unspecified atom stereocenters. The van der Waals surface area contributed by atoms with Gasteiger partial charge in [-0.1, -0.05) is 23.2 Å². The van der Waals surface area contributed by atoms with Crippen molar-refractivity contribution in [3.63, 3.8) is 0 Å². The minimum Gasteiger partial charge on any atom is -0.397 e. The average molecular weight is 255 g/mol. The second kappa shape index (κ2) is 3.84. The second-order valence-corrected chi connectivity index (χ2v) is 6.24. The highest BCUT2D eigenvalue weighted by Gasteiger charge is 2.23. The van der Waals surface area contributed by atoms with E-state index in [1.54, 1.807) is 0 Å². The number of nitrogen functional groups attached to an aromatic ring is 2. The van der Waals surface area contributed by atoms with Crippen molar-refractivity contribution in [3.8, 4) is 0 Å². The van der Waals surface area contributed by atoms with Gasteiger partial charge in [-0.2, -0.15) is 0 Å². The zero-order chi connectivity index (χ0) is 10.9. The third-order valence-electron chi connectivity index (χ3n) is 1.62. The fourth-order valence-corrected chi connectivity index (χ4v) is 2.20. The summed E-state index contributed by atoms with van der Waals surface area (Å²) in [6.07, 6.45) is 0. The SMILES string of the molecule is Nc1ccc(S(=O)(=O)C(Cl)Cl)cc1N. The minimum absolute atomic E-state index is 0.0424. The first-order valence-electron chi connectivity index (χ1n) is 3.52. The summed E-state index contributed by atoms with van der Waals surface area (Å²) in [7, 11) is -3.72. The van der Waals surface area contributed by atoms with Crippen molar-refractivity contribution in [3.05, 3.63) is 18.2 Å². The van der Waals surface area contributed by atoms with Crippen LogP contribution in [0.15, 0.2) is 23.1 Å². The van der Waals surface area contributed by atoms with E-state index < -0.39 is 14.0 Å². The highest BCUT2D eigenvalue weighted by atomic mass is 35.5. The van der Waals surface area contributed by atoms with Crippen LogP contribution in [0.2, 0.25) is 0 Å². The summed E-state index contributed by atoms with van der Waals surface area (Å²) in [4.78, 5) is -0.0424. The van der Waals surface area contributed by atoms with Crippen LogP contribution in [0.5, 0.6) is 0 Å². The maximum absolute atomic E-state index is 11.4. The first-order chi connectivity index (χ1) is 6.35. The lowest BCUT2D eigenvalue weighted by atomic mass is 10.3. The number of hydrogen-bond donors (Lipinski definition) is 2. The van der Waals surface area contributed by atoms with Crippen molar-refractivity contribution in [2.24, 2.45) is 0 Å². The van der Waals surface area contributed by atoms with Crippen molar-refractivity contribution in [1.29, 1.82) is 0 Å². The molecule has 1 rings (SSSR count). The van der Waals surface area contributed by atoms with Gasteiger partial charge in [0.2, 0.25) is 14.0 Å². The summed E-state index contributed by atoms with van der Waals surface area (Å²) < 4.78 is 21.4. The molecule has 0 aliphatic heterocycles. The predicted octanol–water partition coefficient (Wildman–Crippen LogP) is 1.39. The molecule has 0 radical (unpaired) electrons. The van der Waals surface area contributed by atoms with Gasteiger partial charge in [-0.05, 0) is 18.2 Å². The number of alkyl halides is 2. The van der Waals surface area contributed by atoms with Crippen molar-refractivity contribution in [2.45, 2.75) is 9.06 Å². The highest BCUT2D eigenvalue weighted by molar-refractivity contribution is 7.94. The van der Waals surface area contributed by atoms with Gasteiger partial charge in [-0.15, -0.1) is 0 Å². The summed E-state index contributed by atoms with van der Waals surface area (Å²) in [6, 6.07) is 3.92. The third kappa shape index (κ3) is 2.05. The molecule has 0 amide bonds. The minimum atomic E-state index is -3.72. The van der Waals surface area contributed by atoms with Crippen LogP contribution in [0.4, 0.5) is 11.4 Å². The molecule has 0 heterocycles. The standard InChI is InChI=1S/C7H8Cl2N2O2S/c8-7(9)14(12,13)4-1-2-5(10)6(11)3-4/h1-3,7H,10-11H2. The summed E-state index contributed by atoms with van der Waals surface area (Å²) >= 11 is 10.6. The van der Waals surface area contributed by atoms with Gasteiger partial charge < -0.3 is 11.5 Å². The van der Waals surface area contributed by atoms with Gasteiger partial charge in [0, 0.05) is 0 Å². The van der Waals surface area contributed by atoms with Gasteiger partial charge in [0.15, 0.2) is 0 Å². The number of anilines is 2. The third-order valence-corrected chi connectivity index (χ3v) is 4.41. The molecule has 1 aromatic carbocycles. The number of halogens is 2. The van der Waals surface area contributed by atoms with E-state index in [9.17, 15) is 8.42 Å². The van der Waals surface area contributed by atoms with Crippen LogP contribution in [-0.2, 0) is 9.84 Å². The second-order valence-electron chi connectivity index (χ2n) is 2.60. The first kappa shape index (κ1) is 11.4. The lowest BCUT2D eigenvalue weighted by Gasteiger charge is -2.06. The van der Waals surface area contributed by atoms with Crippen molar-refractivity contribution in [1.82, 2.24) is 0 Å². The zero-order valence-electron chi connectivity index (χ0n) is 6.94. The van der Waals surface area contributed by atoms with Crippen LogP contribution in [0.1, 0.15) is 0 Å².